The van der Waals surface area contributed by atoms with Gasteiger partial charge in [-0.05, 0) is 59.8 Å². The van der Waals surface area contributed by atoms with Crippen LogP contribution in [-0.2, 0) is 4.79 Å². The van der Waals surface area contributed by atoms with E-state index in [9.17, 15) is 4.79 Å². The Labute approximate surface area is 145 Å². The lowest BCUT2D eigenvalue weighted by Gasteiger charge is -1.96. The summed E-state index contributed by atoms with van der Waals surface area (Å²) in [6.45, 7) is 0. The minimum Gasteiger partial charge on any atom is -0.300 e. The zero-order valence-corrected chi connectivity index (χ0v) is 14.4. The van der Waals surface area contributed by atoms with E-state index in [1.165, 1.54) is 11.8 Å². The van der Waals surface area contributed by atoms with Crippen molar-refractivity contribution in [3.8, 4) is 0 Å². The third-order valence-electron chi connectivity index (χ3n) is 2.88. The lowest BCUT2D eigenvalue weighted by Crippen LogP contribution is -2.19. The van der Waals surface area contributed by atoms with Crippen molar-refractivity contribution in [2.45, 2.75) is 0 Å². The first-order valence-corrected chi connectivity index (χ1v) is 8.40. The Balaban J connectivity index is 1.80. The molecule has 1 heterocycles. The van der Waals surface area contributed by atoms with Crippen LogP contribution in [0.2, 0.25) is 5.02 Å². The molecular weight excluding hydrogens is 384 g/mol. The first kappa shape index (κ1) is 15.3. The van der Waals surface area contributed by atoms with Crippen LogP contribution < -0.4 is 5.32 Å². The van der Waals surface area contributed by atoms with E-state index >= 15 is 0 Å². The van der Waals surface area contributed by atoms with Gasteiger partial charge in [0.25, 0.3) is 5.91 Å². The molecular formula is C16H10BrClN2OS. The normalized spacial score (nSPS) is 18.0. The van der Waals surface area contributed by atoms with Gasteiger partial charge in [-0.3, -0.25) is 4.79 Å². The highest BCUT2D eigenvalue weighted by atomic mass is 79.9. The summed E-state index contributed by atoms with van der Waals surface area (Å²) in [4.78, 5) is 17.0. The van der Waals surface area contributed by atoms with Crippen LogP contribution in [-0.4, -0.2) is 11.1 Å². The smallest absolute Gasteiger partial charge is 0.264 e. The van der Waals surface area contributed by atoms with Gasteiger partial charge in [0, 0.05) is 9.50 Å². The first-order valence-electron chi connectivity index (χ1n) is 6.41. The predicted octanol–water partition coefficient (Wildman–Crippen LogP) is 4.99. The van der Waals surface area contributed by atoms with E-state index in [0.29, 0.717) is 15.1 Å². The first-order chi connectivity index (χ1) is 10.6. The molecule has 1 fully saturated rings. The summed E-state index contributed by atoms with van der Waals surface area (Å²) in [6.07, 6.45) is 1.84. The largest absolute Gasteiger partial charge is 0.300 e. The summed E-state index contributed by atoms with van der Waals surface area (Å²) in [5.74, 6) is -0.138. The number of nitrogens with one attached hydrogen (secondary N) is 1. The number of carbonyl (C=O) groups is 1. The Morgan fingerprint density at radius 1 is 1.09 bits per heavy atom. The molecule has 0 unspecified atom stereocenters. The molecule has 1 aliphatic rings. The average molecular weight is 394 g/mol. The third kappa shape index (κ3) is 3.80. The van der Waals surface area contributed by atoms with Crippen molar-refractivity contribution >= 4 is 62.1 Å². The second kappa shape index (κ2) is 6.69. The number of thioether (sulfide) groups is 1. The van der Waals surface area contributed by atoms with E-state index in [1.54, 1.807) is 24.3 Å². The fourth-order valence-corrected chi connectivity index (χ4v) is 3.06. The van der Waals surface area contributed by atoms with Gasteiger partial charge >= 0.3 is 0 Å². The second-order valence-electron chi connectivity index (χ2n) is 4.51. The Bertz CT molecular complexity index is 770. The summed E-state index contributed by atoms with van der Waals surface area (Å²) >= 11 is 10.6. The number of nitrogens with zero attached hydrogens (tertiary/aromatic N) is 1. The second-order valence-corrected chi connectivity index (χ2v) is 6.89. The average Bonchev–Trinajstić information content (AvgIpc) is 2.84. The van der Waals surface area contributed by atoms with Crippen LogP contribution in [0.5, 0.6) is 0 Å². The van der Waals surface area contributed by atoms with Gasteiger partial charge < -0.3 is 5.32 Å². The number of hydrogen-bond acceptors (Lipinski definition) is 3. The summed E-state index contributed by atoms with van der Waals surface area (Å²) < 4.78 is 1.00. The van der Waals surface area contributed by atoms with Gasteiger partial charge in [0.1, 0.15) is 0 Å². The van der Waals surface area contributed by atoms with Crippen molar-refractivity contribution < 1.29 is 4.79 Å². The van der Waals surface area contributed by atoms with E-state index in [4.69, 9.17) is 11.6 Å². The van der Waals surface area contributed by atoms with Crippen LogP contribution in [0.25, 0.3) is 6.08 Å². The van der Waals surface area contributed by atoms with E-state index in [1.807, 2.05) is 30.3 Å². The maximum absolute atomic E-state index is 12.0. The lowest BCUT2D eigenvalue weighted by atomic mass is 10.2. The van der Waals surface area contributed by atoms with Crippen molar-refractivity contribution in [2.24, 2.45) is 4.99 Å². The minimum atomic E-state index is -0.138. The number of carbonyl (C=O) groups excluding carboxylic acids is 1. The third-order valence-corrected chi connectivity index (χ3v) is 4.57. The zero-order chi connectivity index (χ0) is 15.5. The number of hydrogen-bond donors (Lipinski definition) is 1. The summed E-state index contributed by atoms with van der Waals surface area (Å²) in [5, 5.41) is 3.98. The summed E-state index contributed by atoms with van der Waals surface area (Å²) in [6, 6.07) is 14.9. The van der Waals surface area contributed by atoms with Gasteiger partial charge in [0.2, 0.25) is 0 Å². The van der Waals surface area contributed by atoms with Crippen molar-refractivity contribution in [3.05, 3.63) is 68.5 Å². The van der Waals surface area contributed by atoms with Gasteiger partial charge in [0.05, 0.1) is 10.6 Å². The molecule has 0 aliphatic carbocycles. The van der Waals surface area contributed by atoms with Crippen LogP contribution in [0.15, 0.2) is 62.9 Å². The maximum Gasteiger partial charge on any atom is 0.264 e. The van der Waals surface area contributed by atoms with E-state index in [2.05, 4.69) is 26.2 Å². The van der Waals surface area contributed by atoms with Gasteiger partial charge in [-0.15, -0.1) is 0 Å². The Hall–Kier alpha value is -1.56. The number of amides is 1. The molecule has 0 saturated carbocycles. The Kier molecular flexibility index (Phi) is 4.66. The Morgan fingerprint density at radius 2 is 1.77 bits per heavy atom. The number of aliphatic imine (C=N–C) groups is 1. The molecule has 1 amide bonds. The van der Waals surface area contributed by atoms with E-state index in [-0.39, 0.29) is 5.91 Å². The highest BCUT2D eigenvalue weighted by molar-refractivity contribution is 9.10. The van der Waals surface area contributed by atoms with Gasteiger partial charge in [-0.2, -0.15) is 0 Å². The zero-order valence-electron chi connectivity index (χ0n) is 11.2. The molecule has 2 aromatic carbocycles. The monoisotopic (exact) mass is 392 g/mol. The maximum atomic E-state index is 12.0. The molecule has 1 aliphatic heterocycles. The molecule has 1 saturated heterocycles. The van der Waals surface area contributed by atoms with Gasteiger partial charge in [0.15, 0.2) is 5.17 Å². The minimum absolute atomic E-state index is 0.138. The van der Waals surface area contributed by atoms with Crippen LogP contribution in [0, 0.1) is 0 Å². The fourth-order valence-electron chi connectivity index (χ4n) is 1.82. The summed E-state index contributed by atoms with van der Waals surface area (Å²) in [7, 11) is 0. The number of halogens is 2. The molecule has 0 radical (unpaired) electrons. The van der Waals surface area contributed by atoms with E-state index in [0.717, 1.165) is 15.7 Å². The van der Waals surface area contributed by atoms with Gasteiger partial charge in [-0.25, -0.2) is 4.99 Å². The van der Waals surface area contributed by atoms with Crippen molar-refractivity contribution in [2.75, 3.05) is 0 Å². The van der Waals surface area contributed by atoms with Crippen molar-refractivity contribution in [1.82, 2.24) is 5.32 Å². The molecule has 22 heavy (non-hydrogen) atoms. The Morgan fingerprint density at radius 3 is 2.45 bits per heavy atom. The topological polar surface area (TPSA) is 41.5 Å². The SMILES string of the molecule is O=C1NC(=Nc2ccc(Cl)cc2)S/C1=C/c1ccc(Br)cc1. The molecule has 110 valence electrons. The highest BCUT2D eigenvalue weighted by Crippen LogP contribution is 2.28. The predicted molar refractivity (Wildman–Crippen MR) is 96.4 cm³/mol. The van der Waals surface area contributed by atoms with Crippen LogP contribution in [0.3, 0.4) is 0 Å². The molecule has 2 aromatic rings. The molecule has 0 aromatic heterocycles. The lowest BCUT2D eigenvalue weighted by molar-refractivity contribution is -0.115. The van der Waals surface area contributed by atoms with E-state index < -0.39 is 0 Å². The van der Waals surface area contributed by atoms with Crippen LogP contribution in [0.1, 0.15) is 5.56 Å². The quantitative estimate of drug-likeness (QED) is 0.730. The number of rotatable bonds is 2. The molecule has 0 atom stereocenters. The van der Waals surface area contributed by atoms with Gasteiger partial charge in [-0.1, -0.05) is 39.7 Å². The molecule has 1 N–H and O–H groups in total. The molecule has 0 bridgehead atoms. The molecule has 0 spiro atoms. The van der Waals surface area contributed by atoms with Crippen LogP contribution in [0.4, 0.5) is 5.69 Å². The molecule has 3 rings (SSSR count). The number of benzene rings is 2. The summed E-state index contributed by atoms with van der Waals surface area (Å²) in [5.41, 5.74) is 1.71. The standard InChI is InChI=1S/C16H10BrClN2OS/c17-11-3-1-10(2-4-11)9-14-15(21)20-16(22-14)19-13-7-5-12(18)6-8-13/h1-9H,(H,19,20,21)/b14-9+. The number of amidine groups is 1. The molecule has 3 nitrogen and oxygen atoms in total. The van der Waals surface area contributed by atoms with Crippen molar-refractivity contribution in [3.63, 3.8) is 0 Å². The van der Waals surface area contributed by atoms with Crippen molar-refractivity contribution in [1.29, 1.82) is 0 Å². The highest BCUT2D eigenvalue weighted by Gasteiger charge is 2.23. The fraction of sp³-hybridized carbons (Fsp3) is 0. The molecule has 6 heteroatoms. The van der Waals surface area contributed by atoms with Crippen LogP contribution >= 0.6 is 39.3 Å².